The van der Waals surface area contributed by atoms with Gasteiger partial charge in [0.1, 0.15) is 4.21 Å². The number of nitrogens with one attached hydrogen (secondary N) is 1. The maximum Gasteiger partial charge on any atom is 0.304 e. The van der Waals surface area contributed by atoms with Crippen LogP contribution in [0, 0.1) is 10.1 Å². The van der Waals surface area contributed by atoms with E-state index in [1.54, 1.807) is 0 Å². The Labute approximate surface area is 102 Å². The second-order valence-corrected chi connectivity index (χ2v) is 6.04. The van der Waals surface area contributed by atoms with Crippen molar-refractivity contribution < 1.29 is 18.1 Å². The lowest BCUT2D eigenvalue weighted by Crippen LogP contribution is -2.26. The lowest BCUT2D eigenvalue weighted by atomic mass is 10.5. The first kappa shape index (κ1) is 13.8. The zero-order chi connectivity index (χ0) is 13.1. The molecule has 8 nitrogen and oxygen atoms in total. The number of nitro groups is 1. The first-order valence-corrected chi connectivity index (χ1v) is 6.70. The third-order valence-electron chi connectivity index (χ3n) is 1.78. The van der Waals surface area contributed by atoms with Crippen LogP contribution < -0.4 is 10.5 Å². The minimum Gasteiger partial charge on any atom is -0.385 e. The van der Waals surface area contributed by atoms with Crippen molar-refractivity contribution in [2.45, 2.75) is 4.21 Å². The number of nitrogen functional groups attached to an aromatic ring is 1. The summed E-state index contributed by atoms with van der Waals surface area (Å²) < 4.78 is 30.1. The summed E-state index contributed by atoms with van der Waals surface area (Å²) in [6.45, 7) is 0.298. The van der Waals surface area contributed by atoms with Gasteiger partial charge in [0.05, 0.1) is 11.5 Å². The molecule has 0 unspecified atom stereocenters. The fraction of sp³-hybridized carbons (Fsp3) is 0.429. The molecule has 10 heteroatoms. The molecule has 0 aromatic carbocycles. The third-order valence-corrected chi connectivity index (χ3v) is 4.67. The lowest BCUT2D eigenvalue weighted by Gasteiger charge is -2.02. The van der Waals surface area contributed by atoms with Crippen molar-refractivity contribution in [1.29, 1.82) is 0 Å². The molecule has 1 aromatic heterocycles. The van der Waals surface area contributed by atoms with Gasteiger partial charge in [0.25, 0.3) is 0 Å². The standard InChI is InChI=1S/C7H11N3O5S2/c1-15-3-2-9-17(13,14)6-4-5(10(11)12)7(8)16-6/h4,9H,2-3,8H2,1H3. The molecule has 3 N–H and O–H groups in total. The van der Waals surface area contributed by atoms with Crippen molar-refractivity contribution in [2.24, 2.45) is 0 Å². The molecule has 0 atom stereocenters. The highest BCUT2D eigenvalue weighted by Crippen LogP contribution is 2.34. The van der Waals surface area contributed by atoms with Gasteiger partial charge in [0, 0.05) is 19.7 Å². The van der Waals surface area contributed by atoms with Gasteiger partial charge in [0.2, 0.25) is 10.0 Å². The molecule has 0 fully saturated rings. The van der Waals surface area contributed by atoms with Gasteiger partial charge in [-0.05, 0) is 0 Å². The minimum atomic E-state index is -3.76. The molecule has 0 spiro atoms. The van der Waals surface area contributed by atoms with E-state index in [4.69, 9.17) is 5.73 Å². The average Bonchev–Trinajstić information content (AvgIpc) is 2.61. The predicted octanol–water partition coefficient (Wildman–Crippen LogP) is 0.163. The zero-order valence-electron chi connectivity index (χ0n) is 8.87. The van der Waals surface area contributed by atoms with Crippen LogP contribution in [0.1, 0.15) is 0 Å². The summed E-state index contributed by atoms with van der Waals surface area (Å²) in [5.74, 6) is 0. The largest absolute Gasteiger partial charge is 0.385 e. The average molecular weight is 281 g/mol. The SMILES string of the molecule is COCCNS(=O)(=O)c1cc([N+](=O)[O-])c(N)s1. The van der Waals surface area contributed by atoms with Crippen LogP contribution in [0.4, 0.5) is 10.7 Å². The van der Waals surface area contributed by atoms with E-state index in [1.165, 1.54) is 7.11 Å². The van der Waals surface area contributed by atoms with Gasteiger partial charge in [-0.3, -0.25) is 10.1 Å². The molecule has 96 valence electrons. The lowest BCUT2D eigenvalue weighted by molar-refractivity contribution is -0.383. The number of thiophene rings is 1. The number of sulfonamides is 1. The molecule has 0 aliphatic rings. The van der Waals surface area contributed by atoms with Gasteiger partial charge in [-0.25, -0.2) is 13.1 Å². The summed E-state index contributed by atoms with van der Waals surface area (Å²) in [5.41, 5.74) is 4.95. The van der Waals surface area contributed by atoms with Crippen molar-refractivity contribution in [1.82, 2.24) is 4.72 Å². The highest BCUT2D eigenvalue weighted by Gasteiger charge is 2.24. The van der Waals surface area contributed by atoms with E-state index in [2.05, 4.69) is 9.46 Å². The first-order chi connectivity index (χ1) is 7.88. The fourth-order valence-electron chi connectivity index (χ4n) is 0.997. The predicted molar refractivity (Wildman–Crippen MR) is 62.5 cm³/mol. The normalized spacial score (nSPS) is 11.6. The van der Waals surface area contributed by atoms with Gasteiger partial charge >= 0.3 is 5.69 Å². The Morgan fingerprint density at radius 2 is 2.29 bits per heavy atom. The van der Waals surface area contributed by atoms with Crippen molar-refractivity contribution >= 4 is 32.0 Å². The molecule has 0 radical (unpaired) electrons. The molecule has 0 aliphatic heterocycles. The summed E-state index contributed by atoms with van der Waals surface area (Å²) in [6, 6.07) is 0.940. The summed E-state index contributed by atoms with van der Waals surface area (Å²) in [7, 11) is -2.33. The Hall–Kier alpha value is -1.23. The molecule has 17 heavy (non-hydrogen) atoms. The molecule has 1 heterocycles. The van der Waals surface area contributed by atoms with Crippen molar-refractivity contribution in [3.8, 4) is 0 Å². The Balaban J connectivity index is 2.92. The van der Waals surface area contributed by atoms with E-state index in [0.29, 0.717) is 11.3 Å². The van der Waals surface area contributed by atoms with Crippen LogP contribution in [0.25, 0.3) is 0 Å². The van der Waals surface area contributed by atoms with Crippen LogP contribution in [0.5, 0.6) is 0 Å². The summed E-state index contributed by atoms with van der Waals surface area (Å²) in [5, 5.41) is 10.4. The molecular formula is C7H11N3O5S2. The molecule has 1 rings (SSSR count). The molecule has 0 saturated heterocycles. The maximum absolute atomic E-state index is 11.7. The van der Waals surface area contributed by atoms with E-state index in [9.17, 15) is 18.5 Å². The van der Waals surface area contributed by atoms with E-state index < -0.39 is 20.6 Å². The summed E-state index contributed by atoms with van der Waals surface area (Å²) in [6.07, 6.45) is 0. The summed E-state index contributed by atoms with van der Waals surface area (Å²) in [4.78, 5) is 9.80. The highest BCUT2D eigenvalue weighted by molar-refractivity contribution is 7.91. The molecular weight excluding hydrogens is 270 g/mol. The number of nitrogens with two attached hydrogens (primary N) is 1. The second kappa shape index (κ2) is 5.40. The van der Waals surface area contributed by atoms with Crippen LogP contribution in [0.15, 0.2) is 10.3 Å². The Morgan fingerprint density at radius 3 is 2.76 bits per heavy atom. The molecule has 0 aliphatic carbocycles. The quantitative estimate of drug-likeness (QED) is 0.435. The number of hydrogen-bond acceptors (Lipinski definition) is 7. The number of ether oxygens (including phenoxy) is 1. The van der Waals surface area contributed by atoms with Crippen LogP contribution >= 0.6 is 11.3 Å². The molecule has 0 amide bonds. The zero-order valence-corrected chi connectivity index (χ0v) is 10.5. The van der Waals surface area contributed by atoms with Crippen LogP contribution in [-0.2, 0) is 14.8 Å². The minimum absolute atomic E-state index is 0.0877. The van der Waals surface area contributed by atoms with Crippen LogP contribution in [-0.4, -0.2) is 33.6 Å². The topological polar surface area (TPSA) is 125 Å². The Kier molecular flexibility index (Phi) is 4.40. The smallest absolute Gasteiger partial charge is 0.304 e. The van der Waals surface area contributed by atoms with Gasteiger partial charge in [-0.15, -0.1) is 0 Å². The molecule has 0 saturated carbocycles. The van der Waals surface area contributed by atoms with Gasteiger partial charge < -0.3 is 10.5 Å². The fourth-order valence-corrected chi connectivity index (χ4v) is 3.27. The molecule has 1 aromatic rings. The number of hydrogen-bond donors (Lipinski definition) is 2. The van der Waals surface area contributed by atoms with Crippen molar-refractivity contribution in [3.63, 3.8) is 0 Å². The van der Waals surface area contributed by atoms with E-state index in [0.717, 1.165) is 6.07 Å². The van der Waals surface area contributed by atoms with E-state index in [-0.39, 0.29) is 22.4 Å². The maximum atomic E-state index is 11.7. The number of anilines is 1. The van der Waals surface area contributed by atoms with E-state index in [1.807, 2.05) is 0 Å². The van der Waals surface area contributed by atoms with Crippen molar-refractivity contribution in [2.75, 3.05) is 26.0 Å². The van der Waals surface area contributed by atoms with Crippen LogP contribution in [0.2, 0.25) is 0 Å². The van der Waals surface area contributed by atoms with Gasteiger partial charge in [-0.1, -0.05) is 11.3 Å². The summed E-state index contributed by atoms with van der Waals surface area (Å²) >= 11 is 0.653. The van der Waals surface area contributed by atoms with Gasteiger partial charge in [0.15, 0.2) is 5.00 Å². The van der Waals surface area contributed by atoms with E-state index >= 15 is 0 Å². The number of nitrogens with zero attached hydrogens (tertiary/aromatic N) is 1. The highest BCUT2D eigenvalue weighted by atomic mass is 32.2. The Bertz CT molecular complexity index is 510. The first-order valence-electron chi connectivity index (χ1n) is 4.41. The third kappa shape index (κ3) is 3.36. The Morgan fingerprint density at radius 1 is 1.65 bits per heavy atom. The molecule has 0 bridgehead atoms. The monoisotopic (exact) mass is 281 g/mol. The van der Waals surface area contributed by atoms with Crippen molar-refractivity contribution in [3.05, 3.63) is 16.2 Å². The number of methoxy groups -OCH3 is 1. The number of rotatable bonds is 6. The second-order valence-electron chi connectivity index (χ2n) is 2.96. The van der Waals surface area contributed by atoms with Crippen LogP contribution in [0.3, 0.4) is 0 Å². The van der Waals surface area contributed by atoms with Gasteiger partial charge in [-0.2, -0.15) is 0 Å².